The van der Waals surface area contributed by atoms with E-state index >= 15 is 0 Å². The number of piperazine rings is 1. The second-order valence-corrected chi connectivity index (χ2v) is 6.28. The summed E-state index contributed by atoms with van der Waals surface area (Å²) in [4.78, 5) is 3.14. The zero-order chi connectivity index (χ0) is 14.8. The summed E-state index contributed by atoms with van der Waals surface area (Å²) < 4.78 is 28.9. The minimum Gasteiger partial charge on any atom is -0.314 e. The van der Waals surface area contributed by atoms with Crippen LogP contribution in [0.5, 0.6) is 0 Å². The Bertz CT molecular complexity index is 607. The first-order chi connectivity index (χ1) is 10.2. The Morgan fingerprint density at radius 2 is 1.95 bits per heavy atom. The molecular weight excluding hydrogens is 290 g/mol. The van der Waals surface area contributed by atoms with E-state index < -0.39 is 11.6 Å². The molecule has 3 rings (SSSR count). The lowest BCUT2D eigenvalue weighted by Crippen LogP contribution is -2.45. The summed E-state index contributed by atoms with van der Waals surface area (Å²) in [6.45, 7) is 4.94. The van der Waals surface area contributed by atoms with E-state index in [-0.39, 0.29) is 11.6 Å². The van der Waals surface area contributed by atoms with Crippen molar-refractivity contribution in [3.63, 3.8) is 0 Å². The van der Waals surface area contributed by atoms with E-state index in [0.29, 0.717) is 5.56 Å². The summed E-state index contributed by atoms with van der Waals surface area (Å²) in [5.41, 5.74) is 0.669. The number of benzene rings is 1. The van der Waals surface area contributed by atoms with Gasteiger partial charge in [-0.1, -0.05) is 12.1 Å². The van der Waals surface area contributed by atoms with Crippen LogP contribution in [0.3, 0.4) is 0 Å². The van der Waals surface area contributed by atoms with Gasteiger partial charge in [0.25, 0.3) is 0 Å². The standard InChI is InChI=1S/C16H18F2N2S/c1-11-4-5-12(17)14(15(11)18)16(13-3-2-10-21-13)20-8-6-19-7-9-20/h2-5,10,16,19H,6-9H2,1H3/t16-/m1/s1. The first kappa shape index (κ1) is 14.6. The third kappa shape index (κ3) is 2.86. The maximum atomic E-state index is 14.6. The Morgan fingerprint density at radius 3 is 2.62 bits per heavy atom. The molecule has 0 saturated carbocycles. The van der Waals surface area contributed by atoms with Gasteiger partial charge in [-0.25, -0.2) is 8.78 Å². The molecule has 0 bridgehead atoms. The summed E-state index contributed by atoms with van der Waals surface area (Å²) in [6, 6.07) is 6.42. The van der Waals surface area contributed by atoms with Gasteiger partial charge in [-0.3, -0.25) is 4.90 Å². The normalized spacial score (nSPS) is 17.9. The third-order valence-corrected chi connectivity index (χ3v) is 4.85. The Morgan fingerprint density at radius 1 is 1.19 bits per heavy atom. The van der Waals surface area contributed by atoms with E-state index in [4.69, 9.17) is 0 Å². The molecule has 1 aliphatic rings. The van der Waals surface area contributed by atoms with Crippen LogP contribution in [0.2, 0.25) is 0 Å². The first-order valence-electron chi connectivity index (χ1n) is 7.11. The molecule has 0 amide bonds. The van der Waals surface area contributed by atoms with E-state index in [1.807, 2.05) is 17.5 Å². The van der Waals surface area contributed by atoms with E-state index in [9.17, 15) is 8.78 Å². The van der Waals surface area contributed by atoms with Gasteiger partial charge in [-0.05, 0) is 30.0 Å². The monoisotopic (exact) mass is 308 g/mol. The number of aryl methyl sites for hydroxylation is 1. The van der Waals surface area contributed by atoms with Crippen LogP contribution in [0, 0.1) is 18.6 Å². The molecule has 1 saturated heterocycles. The molecule has 1 fully saturated rings. The number of nitrogens with zero attached hydrogens (tertiary/aromatic N) is 1. The zero-order valence-corrected chi connectivity index (χ0v) is 12.7. The highest BCUT2D eigenvalue weighted by Gasteiger charge is 2.30. The molecule has 5 heteroatoms. The largest absolute Gasteiger partial charge is 0.314 e. The predicted octanol–water partition coefficient (Wildman–Crippen LogP) is 3.33. The fourth-order valence-corrected chi connectivity index (χ4v) is 3.69. The average Bonchev–Trinajstić information content (AvgIpc) is 3.02. The van der Waals surface area contributed by atoms with Gasteiger partial charge in [0, 0.05) is 36.6 Å². The van der Waals surface area contributed by atoms with E-state index in [2.05, 4.69) is 10.2 Å². The van der Waals surface area contributed by atoms with Gasteiger partial charge in [0.1, 0.15) is 11.6 Å². The zero-order valence-electron chi connectivity index (χ0n) is 11.9. The topological polar surface area (TPSA) is 15.3 Å². The smallest absolute Gasteiger partial charge is 0.134 e. The number of rotatable bonds is 3. The molecule has 112 valence electrons. The Balaban J connectivity index is 2.09. The van der Waals surface area contributed by atoms with Crippen molar-refractivity contribution in [3.8, 4) is 0 Å². The number of hydrogen-bond acceptors (Lipinski definition) is 3. The molecular formula is C16H18F2N2S. The maximum absolute atomic E-state index is 14.6. The van der Waals surface area contributed by atoms with Crippen molar-refractivity contribution in [1.82, 2.24) is 10.2 Å². The fourth-order valence-electron chi connectivity index (χ4n) is 2.82. The Labute approximate surface area is 127 Å². The van der Waals surface area contributed by atoms with Crippen LogP contribution in [0.25, 0.3) is 0 Å². The number of nitrogens with one attached hydrogen (secondary N) is 1. The molecule has 1 aromatic heterocycles. The number of hydrogen-bond donors (Lipinski definition) is 1. The van der Waals surface area contributed by atoms with Gasteiger partial charge in [-0.2, -0.15) is 0 Å². The molecule has 1 N–H and O–H groups in total. The molecule has 1 aliphatic heterocycles. The van der Waals surface area contributed by atoms with Gasteiger partial charge in [0.05, 0.1) is 6.04 Å². The molecule has 0 unspecified atom stereocenters. The SMILES string of the molecule is Cc1ccc(F)c([C@@H](c2cccs2)N2CCNCC2)c1F. The van der Waals surface area contributed by atoms with Gasteiger partial charge < -0.3 is 5.32 Å². The number of halogens is 2. The van der Waals surface area contributed by atoms with Crippen molar-refractivity contribution in [3.05, 3.63) is 57.3 Å². The minimum absolute atomic E-state index is 0.180. The van der Waals surface area contributed by atoms with Crippen LogP contribution >= 0.6 is 11.3 Å². The summed E-state index contributed by atoms with van der Waals surface area (Å²) in [5, 5.41) is 5.24. The van der Waals surface area contributed by atoms with Gasteiger partial charge in [-0.15, -0.1) is 11.3 Å². The summed E-state index contributed by atoms with van der Waals surface area (Å²) in [6.07, 6.45) is 0. The maximum Gasteiger partial charge on any atom is 0.134 e. The molecule has 0 radical (unpaired) electrons. The molecule has 2 heterocycles. The average molecular weight is 308 g/mol. The summed E-state index contributed by atoms with van der Waals surface area (Å²) in [7, 11) is 0. The lowest BCUT2D eigenvalue weighted by atomic mass is 9.99. The molecule has 0 spiro atoms. The Hall–Kier alpha value is -1.30. The van der Waals surface area contributed by atoms with Crippen molar-refractivity contribution in [2.45, 2.75) is 13.0 Å². The lowest BCUT2D eigenvalue weighted by molar-refractivity contribution is 0.194. The van der Waals surface area contributed by atoms with Crippen molar-refractivity contribution in [2.24, 2.45) is 0 Å². The molecule has 0 aliphatic carbocycles. The minimum atomic E-state index is -0.463. The Kier molecular flexibility index (Phi) is 4.33. The summed E-state index contributed by atoms with van der Waals surface area (Å²) >= 11 is 1.55. The fraction of sp³-hybridized carbons (Fsp3) is 0.375. The van der Waals surface area contributed by atoms with Gasteiger partial charge >= 0.3 is 0 Å². The first-order valence-corrected chi connectivity index (χ1v) is 7.99. The molecule has 21 heavy (non-hydrogen) atoms. The van der Waals surface area contributed by atoms with Crippen LogP contribution in [0.1, 0.15) is 22.0 Å². The second-order valence-electron chi connectivity index (χ2n) is 5.30. The highest BCUT2D eigenvalue weighted by Crippen LogP contribution is 2.35. The second kappa shape index (κ2) is 6.22. The van der Waals surface area contributed by atoms with Gasteiger partial charge in [0.2, 0.25) is 0 Å². The van der Waals surface area contributed by atoms with Crippen molar-refractivity contribution >= 4 is 11.3 Å². The van der Waals surface area contributed by atoms with E-state index in [1.54, 1.807) is 18.3 Å². The van der Waals surface area contributed by atoms with E-state index in [1.165, 1.54) is 12.1 Å². The van der Waals surface area contributed by atoms with Gasteiger partial charge in [0.15, 0.2) is 0 Å². The van der Waals surface area contributed by atoms with Crippen LogP contribution in [0.15, 0.2) is 29.6 Å². The van der Waals surface area contributed by atoms with Crippen LogP contribution in [0.4, 0.5) is 8.78 Å². The molecule has 1 aromatic carbocycles. The van der Waals surface area contributed by atoms with Crippen molar-refractivity contribution in [1.29, 1.82) is 0 Å². The summed E-state index contributed by atoms with van der Waals surface area (Å²) in [5.74, 6) is -0.887. The highest BCUT2D eigenvalue weighted by molar-refractivity contribution is 7.10. The van der Waals surface area contributed by atoms with Crippen LogP contribution in [-0.2, 0) is 0 Å². The third-order valence-electron chi connectivity index (χ3n) is 3.92. The van der Waals surface area contributed by atoms with Crippen molar-refractivity contribution < 1.29 is 8.78 Å². The highest BCUT2D eigenvalue weighted by atomic mass is 32.1. The molecule has 2 aromatic rings. The van der Waals surface area contributed by atoms with Crippen molar-refractivity contribution in [2.75, 3.05) is 26.2 Å². The van der Waals surface area contributed by atoms with E-state index in [0.717, 1.165) is 31.1 Å². The van der Waals surface area contributed by atoms with Crippen LogP contribution in [-0.4, -0.2) is 31.1 Å². The molecule has 1 atom stereocenters. The molecule has 2 nitrogen and oxygen atoms in total. The predicted molar refractivity (Wildman–Crippen MR) is 81.7 cm³/mol. The van der Waals surface area contributed by atoms with Crippen LogP contribution < -0.4 is 5.32 Å². The quantitative estimate of drug-likeness (QED) is 0.935. The number of thiophene rings is 1. The lowest BCUT2D eigenvalue weighted by Gasteiger charge is -2.35.